The van der Waals surface area contributed by atoms with Crippen molar-refractivity contribution in [3.8, 4) is 0 Å². The molecule has 0 fully saturated rings. The molecule has 0 saturated carbocycles. The molecule has 0 amide bonds. The third kappa shape index (κ3) is 1.11. The molecule has 0 saturated heterocycles. The number of nitrogens with zero attached hydrogens (tertiary/aromatic N) is 2. The molecule has 0 bridgehead atoms. The first-order chi connectivity index (χ1) is 5.27. The van der Waals surface area contributed by atoms with Gasteiger partial charge >= 0.3 is 0 Å². The van der Waals surface area contributed by atoms with Crippen LogP contribution < -0.4 is 0 Å². The zero-order valence-electron chi connectivity index (χ0n) is 7.17. The Morgan fingerprint density at radius 3 is 2.91 bits per heavy atom. The van der Waals surface area contributed by atoms with Gasteiger partial charge in [-0.25, -0.2) is 0 Å². The fraction of sp³-hybridized carbons (Fsp3) is 0.667. The van der Waals surface area contributed by atoms with E-state index in [-0.39, 0.29) is 0 Å². The second-order valence-corrected chi connectivity index (χ2v) is 3.60. The van der Waals surface area contributed by atoms with Crippen molar-refractivity contribution in [3.05, 3.63) is 11.1 Å². The van der Waals surface area contributed by atoms with Gasteiger partial charge in [-0.05, 0) is 25.0 Å². The third-order valence-corrected chi connectivity index (χ3v) is 2.48. The maximum Gasteiger partial charge on any atom is 0.0618 e. The van der Waals surface area contributed by atoms with Gasteiger partial charge in [-0.3, -0.25) is 9.89 Å². The SMILES string of the molecule is CC(C)N1CC2=C(CN=C2)C1. The van der Waals surface area contributed by atoms with Crippen LogP contribution in [0, 0.1) is 0 Å². The van der Waals surface area contributed by atoms with E-state index in [1.807, 2.05) is 6.21 Å². The van der Waals surface area contributed by atoms with Gasteiger partial charge in [0.1, 0.15) is 0 Å². The van der Waals surface area contributed by atoms with Crippen LogP contribution in [0.2, 0.25) is 0 Å². The van der Waals surface area contributed by atoms with Gasteiger partial charge in [0, 0.05) is 25.3 Å². The lowest BCUT2D eigenvalue weighted by Crippen LogP contribution is -2.29. The van der Waals surface area contributed by atoms with Crippen LogP contribution in [0.1, 0.15) is 13.8 Å². The van der Waals surface area contributed by atoms with Gasteiger partial charge in [0.05, 0.1) is 6.54 Å². The molecule has 0 unspecified atom stereocenters. The molecule has 60 valence electrons. The normalized spacial score (nSPS) is 23.9. The highest BCUT2D eigenvalue weighted by Crippen LogP contribution is 2.21. The molecule has 11 heavy (non-hydrogen) atoms. The summed E-state index contributed by atoms with van der Waals surface area (Å²) in [5.41, 5.74) is 3.01. The van der Waals surface area contributed by atoms with E-state index in [1.54, 1.807) is 5.57 Å². The highest BCUT2D eigenvalue weighted by molar-refractivity contribution is 5.84. The first kappa shape index (κ1) is 7.04. The largest absolute Gasteiger partial charge is 0.293 e. The Balaban J connectivity index is 2.05. The van der Waals surface area contributed by atoms with Crippen molar-refractivity contribution in [1.82, 2.24) is 4.90 Å². The maximum absolute atomic E-state index is 4.24. The minimum absolute atomic E-state index is 0.675. The lowest BCUT2D eigenvalue weighted by Gasteiger charge is -2.20. The van der Waals surface area contributed by atoms with E-state index >= 15 is 0 Å². The molecule has 0 atom stereocenters. The summed E-state index contributed by atoms with van der Waals surface area (Å²) in [4.78, 5) is 6.72. The minimum Gasteiger partial charge on any atom is -0.293 e. The van der Waals surface area contributed by atoms with Gasteiger partial charge in [0.2, 0.25) is 0 Å². The minimum atomic E-state index is 0.675. The summed E-state index contributed by atoms with van der Waals surface area (Å²) < 4.78 is 0. The summed E-state index contributed by atoms with van der Waals surface area (Å²) in [5, 5.41) is 0. The fourth-order valence-corrected chi connectivity index (χ4v) is 1.65. The van der Waals surface area contributed by atoms with Crippen LogP contribution in [0.3, 0.4) is 0 Å². The van der Waals surface area contributed by atoms with E-state index in [2.05, 4.69) is 23.7 Å². The Morgan fingerprint density at radius 2 is 2.27 bits per heavy atom. The van der Waals surface area contributed by atoms with E-state index in [0.29, 0.717) is 6.04 Å². The first-order valence-electron chi connectivity index (χ1n) is 4.22. The van der Waals surface area contributed by atoms with Crippen LogP contribution in [-0.4, -0.2) is 36.8 Å². The molecule has 0 spiro atoms. The predicted octanol–water partition coefficient (Wildman–Crippen LogP) is 1.09. The highest BCUT2D eigenvalue weighted by atomic mass is 15.2. The highest BCUT2D eigenvalue weighted by Gasteiger charge is 2.24. The van der Waals surface area contributed by atoms with E-state index in [4.69, 9.17) is 0 Å². The van der Waals surface area contributed by atoms with Gasteiger partial charge < -0.3 is 0 Å². The van der Waals surface area contributed by atoms with Crippen molar-refractivity contribution in [1.29, 1.82) is 0 Å². The van der Waals surface area contributed by atoms with Crippen LogP contribution in [0.15, 0.2) is 16.1 Å². The predicted molar refractivity (Wildman–Crippen MR) is 47.1 cm³/mol. The van der Waals surface area contributed by atoms with Gasteiger partial charge in [0.15, 0.2) is 0 Å². The number of hydrogen-bond donors (Lipinski definition) is 0. The third-order valence-electron chi connectivity index (χ3n) is 2.48. The maximum atomic E-state index is 4.24. The Morgan fingerprint density at radius 1 is 1.45 bits per heavy atom. The lowest BCUT2D eigenvalue weighted by atomic mass is 10.2. The average Bonchev–Trinajstić information content (AvgIpc) is 2.40. The summed E-state index contributed by atoms with van der Waals surface area (Å²) >= 11 is 0. The van der Waals surface area contributed by atoms with E-state index in [9.17, 15) is 0 Å². The quantitative estimate of drug-likeness (QED) is 0.546. The summed E-state index contributed by atoms with van der Waals surface area (Å²) in [6, 6.07) is 0.675. The molecule has 2 nitrogen and oxygen atoms in total. The van der Waals surface area contributed by atoms with Crippen LogP contribution in [0.25, 0.3) is 0 Å². The molecule has 2 rings (SSSR count). The second-order valence-electron chi connectivity index (χ2n) is 3.60. The summed E-state index contributed by atoms with van der Waals surface area (Å²) in [6.07, 6.45) is 2.04. The van der Waals surface area contributed by atoms with E-state index in [0.717, 1.165) is 19.6 Å². The summed E-state index contributed by atoms with van der Waals surface area (Å²) in [6.45, 7) is 7.72. The number of hydrogen-bond acceptors (Lipinski definition) is 2. The summed E-state index contributed by atoms with van der Waals surface area (Å²) in [5.74, 6) is 0. The molecule has 0 radical (unpaired) electrons. The zero-order valence-corrected chi connectivity index (χ0v) is 7.17. The molecular weight excluding hydrogens is 136 g/mol. The first-order valence-corrected chi connectivity index (χ1v) is 4.22. The topological polar surface area (TPSA) is 15.6 Å². The van der Waals surface area contributed by atoms with Crippen molar-refractivity contribution in [2.24, 2.45) is 4.99 Å². The number of aliphatic imine (C=N–C) groups is 1. The molecule has 2 heterocycles. The Labute approximate surface area is 67.6 Å². The molecule has 2 heteroatoms. The average molecular weight is 150 g/mol. The Bertz CT molecular complexity index is 226. The molecule has 0 aliphatic carbocycles. The van der Waals surface area contributed by atoms with E-state index in [1.165, 1.54) is 5.57 Å². The number of rotatable bonds is 1. The molecule has 0 aromatic heterocycles. The molecule has 0 N–H and O–H groups in total. The van der Waals surface area contributed by atoms with Gasteiger partial charge in [-0.1, -0.05) is 0 Å². The van der Waals surface area contributed by atoms with Gasteiger partial charge in [-0.2, -0.15) is 0 Å². The molecular formula is C9H14N2. The second kappa shape index (κ2) is 2.45. The Hall–Kier alpha value is -0.630. The van der Waals surface area contributed by atoms with Crippen molar-refractivity contribution in [2.45, 2.75) is 19.9 Å². The van der Waals surface area contributed by atoms with Gasteiger partial charge in [-0.15, -0.1) is 0 Å². The standard InChI is InChI=1S/C9H14N2/c1-7(2)11-5-8-3-10-4-9(8)6-11/h3,7H,4-6H2,1-2H3. The van der Waals surface area contributed by atoms with Crippen molar-refractivity contribution in [3.63, 3.8) is 0 Å². The fourth-order valence-electron chi connectivity index (χ4n) is 1.65. The monoisotopic (exact) mass is 150 g/mol. The molecule has 0 aromatic rings. The van der Waals surface area contributed by atoms with Crippen LogP contribution in [-0.2, 0) is 0 Å². The molecule has 2 aliphatic heterocycles. The van der Waals surface area contributed by atoms with Crippen LogP contribution in [0.5, 0.6) is 0 Å². The zero-order chi connectivity index (χ0) is 7.84. The molecule has 2 aliphatic rings. The molecule has 0 aromatic carbocycles. The van der Waals surface area contributed by atoms with Crippen molar-refractivity contribution < 1.29 is 0 Å². The smallest absolute Gasteiger partial charge is 0.0618 e. The van der Waals surface area contributed by atoms with Crippen LogP contribution in [0.4, 0.5) is 0 Å². The lowest BCUT2D eigenvalue weighted by molar-refractivity contribution is 0.281. The van der Waals surface area contributed by atoms with Crippen LogP contribution >= 0.6 is 0 Å². The summed E-state index contributed by atoms with van der Waals surface area (Å²) in [7, 11) is 0. The Kier molecular flexibility index (Phi) is 1.57. The van der Waals surface area contributed by atoms with Gasteiger partial charge in [0.25, 0.3) is 0 Å². The van der Waals surface area contributed by atoms with Crippen molar-refractivity contribution >= 4 is 6.21 Å². The van der Waals surface area contributed by atoms with Crippen molar-refractivity contribution in [2.75, 3.05) is 19.6 Å². The van der Waals surface area contributed by atoms with E-state index < -0.39 is 0 Å².